The highest BCUT2D eigenvalue weighted by Gasteiger charge is 2.17. The van der Waals surface area contributed by atoms with Gasteiger partial charge in [-0.05, 0) is 72.9 Å². The van der Waals surface area contributed by atoms with Gasteiger partial charge in [-0.2, -0.15) is 0 Å². The molecule has 0 fully saturated rings. The second kappa shape index (κ2) is 8.05. The number of tetrazole rings is 1. The Balaban J connectivity index is 1.72. The molecule has 27 heavy (non-hydrogen) atoms. The van der Waals surface area contributed by atoms with E-state index in [1.807, 2.05) is 32.0 Å². The Morgan fingerprint density at radius 1 is 1.26 bits per heavy atom. The molecule has 0 aliphatic carbocycles. The number of carbonyl (C=O) groups excluding carboxylic acids is 1. The predicted molar refractivity (Wildman–Crippen MR) is 99.1 cm³/mol. The zero-order valence-electron chi connectivity index (χ0n) is 15.4. The Hall–Kier alpha value is -3.13. The van der Waals surface area contributed by atoms with E-state index in [0.29, 0.717) is 12.1 Å². The number of benzene rings is 2. The van der Waals surface area contributed by atoms with Gasteiger partial charge < -0.3 is 10.2 Å². The number of nitrogens with zero attached hydrogens (tertiary/aromatic N) is 5. The van der Waals surface area contributed by atoms with Gasteiger partial charge in [0, 0.05) is 12.1 Å². The maximum Gasteiger partial charge on any atom is 0.251 e. The van der Waals surface area contributed by atoms with Crippen LogP contribution in [0.15, 0.2) is 48.8 Å². The van der Waals surface area contributed by atoms with Crippen LogP contribution in [0.2, 0.25) is 0 Å². The average molecular weight is 368 g/mol. The maximum atomic E-state index is 13.5. The van der Waals surface area contributed by atoms with Crippen LogP contribution in [0.5, 0.6) is 0 Å². The molecule has 3 aromatic rings. The van der Waals surface area contributed by atoms with E-state index in [1.165, 1.54) is 18.5 Å². The van der Waals surface area contributed by atoms with E-state index in [1.54, 1.807) is 28.9 Å². The van der Waals surface area contributed by atoms with Gasteiger partial charge in [0.1, 0.15) is 12.1 Å². The molecule has 0 bridgehead atoms. The lowest BCUT2D eigenvalue weighted by Gasteiger charge is -2.25. The molecule has 0 aliphatic heterocycles. The first-order valence-corrected chi connectivity index (χ1v) is 8.50. The molecule has 1 aromatic heterocycles. The molecule has 140 valence electrons. The number of aromatic nitrogens is 4. The zero-order valence-corrected chi connectivity index (χ0v) is 15.4. The number of halogens is 1. The summed E-state index contributed by atoms with van der Waals surface area (Å²) in [5.41, 5.74) is 3.04. The molecule has 0 aliphatic rings. The summed E-state index contributed by atoms with van der Waals surface area (Å²) in [6.45, 7) is 2.26. The first-order valence-electron chi connectivity index (χ1n) is 8.50. The van der Waals surface area contributed by atoms with E-state index in [-0.39, 0.29) is 17.8 Å². The summed E-state index contributed by atoms with van der Waals surface area (Å²) >= 11 is 0. The highest BCUT2D eigenvalue weighted by atomic mass is 19.1. The number of carbonyl (C=O) groups is 1. The van der Waals surface area contributed by atoms with Gasteiger partial charge in [-0.3, -0.25) is 4.79 Å². The molecule has 1 atom stereocenters. The zero-order chi connectivity index (χ0) is 19.4. The number of nitrogens with one attached hydrogen (secondary N) is 1. The van der Waals surface area contributed by atoms with Gasteiger partial charge in [0.05, 0.1) is 11.7 Å². The molecule has 0 spiro atoms. The highest BCUT2D eigenvalue weighted by molar-refractivity contribution is 5.94. The van der Waals surface area contributed by atoms with Crippen LogP contribution in [0.25, 0.3) is 5.69 Å². The number of likely N-dealkylation sites (N-methyl/N-ethyl adjacent to an activating group) is 1. The summed E-state index contributed by atoms with van der Waals surface area (Å²) in [4.78, 5) is 14.5. The van der Waals surface area contributed by atoms with Gasteiger partial charge in [-0.1, -0.05) is 12.1 Å². The summed E-state index contributed by atoms with van der Waals surface area (Å²) in [7, 11) is 3.79. The Bertz CT molecular complexity index is 926. The summed E-state index contributed by atoms with van der Waals surface area (Å²) in [5, 5.41) is 14.0. The summed E-state index contributed by atoms with van der Waals surface area (Å²) < 4.78 is 15.1. The third kappa shape index (κ3) is 4.35. The number of rotatable bonds is 6. The Morgan fingerprint density at radius 2 is 2.07 bits per heavy atom. The van der Waals surface area contributed by atoms with Crippen LogP contribution in [0.3, 0.4) is 0 Å². The number of aryl methyl sites for hydroxylation is 1. The van der Waals surface area contributed by atoms with Crippen molar-refractivity contribution in [2.45, 2.75) is 13.0 Å². The Labute approximate surface area is 156 Å². The van der Waals surface area contributed by atoms with Crippen LogP contribution in [0, 0.1) is 12.7 Å². The predicted octanol–water partition coefficient (Wildman–Crippen LogP) is 2.14. The van der Waals surface area contributed by atoms with E-state index in [9.17, 15) is 9.18 Å². The topological polar surface area (TPSA) is 75.9 Å². The molecule has 1 heterocycles. The number of hydrogen-bond donors (Lipinski definition) is 1. The lowest BCUT2D eigenvalue weighted by molar-refractivity contribution is 0.0942. The van der Waals surface area contributed by atoms with E-state index in [4.69, 9.17) is 0 Å². The molecule has 7 nitrogen and oxygen atoms in total. The van der Waals surface area contributed by atoms with E-state index in [2.05, 4.69) is 20.8 Å². The molecule has 3 rings (SSSR count). The van der Waals surface area contributed by atoms with Crippen molar-refractivity contribution in [2.24, 2.45) is 0 Å². The number of hydrogen-bond acceptors (Lipinski definition) is 5. The summed E-state index contributed by atoms with van der Waals surface area (Å²) in [6, 6.07) is 11.6. The van der Waals surface area contributed by atoms with Crippen molar-refractivity contribution in [1.82, 2.24) is 30.4 Å². The SMILES string of the molecule is Cc1cc(C(=O)NCC(c2cccc(F)c2)N(C)C)ccc1-n1cnnn1. The second-order valence-electron chi connectivity index (χ2n) is 6.50. The van der Waals surface area contributed by atoms with Crippen LogP contribution in [0.1, 0.15) is 27.5 Å². The van der Waals surface area contributed by atoms with Crippen LogP contribution in [-0.2, 0) is 0 Å². The molecule has 1 unspecified atom stereocenters. The first kappa shape index (κ1) is 18.7. The molecule has 0 radical (unpaired) electrons. The van der Waals surface area contributed by atoms with Crippen molar-refractivity contribution < 1.29 is 9.18 Å². The largest absolute Gasteiger partial charge is 0.350 e. The lowest BCUT2D eigenvalue weighted by Crippen LogP contribution is -2.34. The van der Waals surface area contributed by atoms with Crippen LogP contribution >= 0.6 is 0 Å². The third-order valence-corrected chi connectivity index (χ3v) is 4.37. The fourth-order valence-corrected chi connectivity index (χ4v) is 2.93. The maximum absolute atomic E-state index is 13.5. The van der Waals surface area contributed by atoms with E-state index < -0.39 is 0 Å². The van der Waals surface area contributed by atoms with Crippen molar-refractivity contribution in [3.05, 3.63) is 71.3 Å². The van der Waals surface area contributed by atoms with Gasteiger partial charge in [0.2, 0.25) is 0 Å². The standard InChI is InChI=1S/C19H21FN6O/c1-13-9-15(7-8-17(13)26-12-22-23-24-26)19(27)21-11-18(25(2)3)14-5-4-6-16(20)10-14/h4-10,12,18H,11H2,1-3H3,(H,21,27). The lowest BCUT2D eigenvalue weighted by atomic mass is 10.1. The molecule has 1 N–H and O–H groups in total. The van der Waals surface area contributed by atoms with Crippen molar-refractivity contribution in [3.8, 4) is 5.69 Å². The molecule has 1 amide bonds. The first-order chi connectivity index (χ1) is 13.0. The van der Waals surface area contributed by atoms with Crippen molar-refractivity contribution >= 4 is 5.91 Å². The smallest absolute Gasteiger partial charge is 0.251 e. The van der Waals surface area contributed by atoms with Crippen molar-refractivity contribution in [2.75, 3.05) is 20.6 Å². The molecule has 8 heteroatoms. The molecule has 2 aromatic carbocycles. The normalized spacial score (nSPS) is 12.2. The molecule has 0 saturated heterocycles. The van der Waals surface area contributed by atoms with Crippen LogP contribution < -0.4 is 5.32 Å². The second-order valence-corrected chi connectivity index (χ2v) is 6.50. The molecular formula is C19H21FN6O. The van der Waals surface area contributed by atoms with Gasteiger partial charge in [-0.25, -0.2) is 9.07 Å². The quantitative estimate of drug-likeness (QED) is 0.721. The van der Waals surface area contributed by atoms with Crippen molar-refractivity contribution in [3.63, 3.8) is 0 Å². The third-order valence-electron chi connectivity index (χ3n) is 4.37. The monoisotopic (exact) mass is 368 g/mol. The molecular weight excluding hydrogens is 347 g/mol. The Kier molecular flexibility index (Phi) is 5.56. The van der Waals surface area contributed by atoms with Crippen molar-refractivity contribution in [1.29, 1.82) is 0 Å². The fraction of sp³-hybridized carbons (Fsp3) is 0.263. The van der Waals surface area contributed by atoms with Crippen LogP contribution in [0.4, 0.5) is 4.39 Å². The van der Waals surface area contributed by atoms with Gasteiger partial charge in [0.25, 0.3) is 5.91 Å². The highest BCUT2D eigenvalue weighted by Crippen LogP contribution is 2.19. The van der Waals surface area contributed by atoms with E-state index >= 15 is 0 Å². The van der Waals surface area contributed by atoms with Gasteiger partial charge in [0.15, 0.2) is 0 Å². The van der Waals surface area contributed by atoms with Gasteiger partial charge >= 0.3 is 0 Å². The summed E-state index contributed by atoms with van der Waals surface area (Å²) in [6.07, 6.45) is 1.50. The van der Waals surface area contributed by atoms with Gasteiger partial charge in [-0.15, -0.1) is 5.10 Å². The van der Waals surface area contributed by atoms with E-state index in [0.717, 1.165) is 16.8 Å². The minimum Gasteiger partial charge on any atom is -0.350 e. The minimum absolute atomic E-state index is 0.133. The molecule has 0 saturated carbocycles. The fourth-order valence-electron chi connectivity index (χ4n) is 2.93. The average Bonchev–Trinajstić information content (AvgIpc) is 3.15. The minimum atomic E-state index is -0.292. The summed E-state index contributed by atoms with van der Waals surface area (Å²) in [5.74, 6) is -0.482. The van der Waals surface area contributed by atoms with Crippen LogP contribution in [-0.4, -0.2) is 51.7 Å². The number of amides is 1. The Morgan fingerprint density at radius 3 is 2.70 bits per heavy atom.